The van der Waals surface area contributed by atoms with Crippen molar-refractivity contribution in [3.05, 3.63) is 23.7 Å². The van der Waals surface area contributed by atoms with Crippen molar-refractivity contribution >= 4 is 5.97 Å². The Kier molecular flexibility index (Phi) is 4.33. The maximum atomic E-state index is 11.0. The molecule has 5 nitrogen and oxygen atoms in total. The van der Waals surface area contributed by atoms with Gasteiger partial charge in [0.1, 0.15) is 5.76 Å². The zero-order valence-corrected chi connectivity index (χ0v) is 8.73. The van der Waals surface area contributed by atoms with Crippen molar-refractivity contribution in [2.24, 2.45) is 0 Å². The Labute approximate surface area is 87.6 Å². The van der Waals surface area contributed by atoms with Gasteiger partial charge in [-0.25, -0.2) is 4.79 Å². The first-order valence-electron chi connectivity index (χ1n) is 4.49. The topological polar surface area (TPSA) is 68.9 Å². The number of aliphatic hydroxyl groups excluding tert-OH is 1. The fourth-order valence-corrected chi connectivity index (χ4v) is 1.23. The number of esters is 1. The van der Waals surface area contributed by atoms with Crippen molar-refractivity contribution in [1.82, 2.24) is 0 Å². The molecule has 0 aliphatic carbocycles. The Hall–Kier alpha value is -1.33. The summed E-state index contributed by atoms with van der Waals surface area (Å²) < 4.78 is 14.5. The molecule has 1 heterocycles. The van der Waals surface area contributed by atoms with Gasteiger partial charge in [-0.2, -0.15) is 0 Å². The lowest BCUT2D eigenvalue weighted by Gasteiger charge is -2.07. The van der Waals surface area contributed by atoms with Crippen molar-refractivity contribution in [3.8, 4) is 0 Å². The second-order valence-electron chi connectivity index (χ2n) is 3.05. The fraction of sp³-hybridized carbons (Fsp3) is 0.500. The first kappa shape index (κ1) is 11.7. The van der Waals surface area contributed by atoms with Crippen LogP contribution >= 0.6 is 0 Å². The zero-order chi connectivity index (χ0) is 11.3. The van der Waals surface area contributed by atoms with Crippen LogP contribution in [0.4, 0.5) is 0 Å². The van der Waals surface area contributed by atoms with E-state index < -0.39 is 12.1 Å². The van der Waals surface area contributed by atoms with Crippen LogP contribution in [0.15, 0.2) is 16.7 Å². The number of ether oxygens (including phenoxy) is 2. The minimum absolute atomic E-state index is 0.0956. The summed E-state index contributed by atoms with van der Waals surface area (Å²) in [6.07, 6.45) is 0.392. The third kappa shape index (κ3) is 3.07. The van der Waals surface area contributed by atoms with Gasteiger partial charge in [-0.05, 0) is 6.07 Å². The predicted molar refractivity (Wildman–Crippen MR) is 51.1 cm³/mol. The molecule has 1 unspecified atom stereocenters. The average Bonchev–Trinajstić information content (AvgIpc) is 2.65. The molecule has 1 rings (SSSR count). The van der Waals surface area contributed by atoms with Gasteiger partial charge >= 0.3 is 5.97 Å². The van der Waals surface area contributed by atoms with Crippen LogP contribution in [-0.4, -0.2) is 31.4 Å². The number of hydrogen-bond acceptors (Lipinski definition) is 5. The molecular formula is C10H14O5. The summed E-state index contributed by atoms with van der Waals surface area (Å²) >= 11 is 0. The zero-order valence-electron chi connectivity index (χ0n) is 8.73. The second-order valence-corrected chi connectivity index (χ2v) is 3.05. The highest BCUT2D eigenvalue weighted by Gasteiger charge is 2.19. The van der Waals surface area contributed by atoms with Gasteiger partial charge < -0.3 is 19.0 Å². The molecule has 0 aliphatic heterocycles. The quantitative estimate of drug-likeness (QED) is 0.723. The van der Waals surface area contributed by atoms with Crippen LogP contribution in [0.5, 0.6) is 0 Å². The molecule has 5 heteroatoms. The van der Waals surface area contributed by atoms with Crippen LogP contribution in [0.1, 0.15) is 11.3 Å². The smallest absolute Gasteiger partial charge is 0.335 e. The van der Waals surface area contributed by atoms with E-state index >= 15 is 0 Å². The van der Waals surface area contributed by atoms with Crippen LogP contribution in [0.2, 0.25) is 0 Å². The number of rotatable bonds is 5. The summed E-state index contributed by atoms with van der Waals surface area (Å²) in [7, 11) is 2.79. The Bertz CT molecular complexity index is 317. The average molecular weight is 214 g/mol. The Morgan fingerprint density at radius 3 is 2.93 bits per heavy atom. The largest absolute Gasteiger partial charge is 0.469 e. The molecule has 0 bridgehead atoms. The van der Waals surface area contributed by atoms with Crippen LogP contribution in [0, 0.1) is 0 Å². The van der Waals surface area contributed by atoms with Crippen LogP contribution in [0.3, 0.4) is 0 Å². The molecule has 0 amide bonds. The summed E-state index contributed by atoms with van der Waals surface area (Å²) in [6.45, 7) is 0.389. The first-order chi connectivity index (χ1) is 7.19. The first-order valence-corrected chi connectivity index (χ1v) is 4.49. The molecule has 0 saturated carbocycles. The van der Waals surface area contributed by atoms with E-state index in [0.29, 0.717) is 12.4 Å². The molecule has 0 saturated heterocycles. The summed E-state index contributed by atoms with van der Waals surface area (Å²) in [4.78, 5) is 11.0. The third-order valence-electron chi connectivity index (χ3n) is 1.99. The van der Waals surface area contributed by atoms with E-state index in [1.165, 1.54) is 13.4 Å². The van der Waals surface area contributed by atoms with Gasteiger partial charge in [-0.3, -0.25) is 0 Å². The van der Waals surface area contributed by atoms with Crippen molar-refractivity contribution < 1.29 is 23.8 Å². The van der Waals surface area contributed by atoms with E-state index in [9.17, 15) is 9.90 Å². The molecule has 1 N–H and O–H groups in total. The molecule has 15 heavy (non-hydrogen) atoms. The summed E-state index contributed by atoms with van der Waals surface area (Å²) in [5, 5.41) is 9.41. The minimum atomic E-state index is -1.20. The molecule has 0 aromatic carbocycles. The highest BCUT2D eigenvalue weighted by atomic mass is 16.5. The fourth-order valence-electron chi connectivity index (χ4n) is 1.23. The van der Waals surface area contributed by atoms with E-state index in [-0.39, 0.29) is 6.42 Å². The molecule has 0 aliphatic rings. The van der Waals surface area contributed by atoms with E-state index in [2.05, 4.69) is 4.74 Å². The molecule has 0 fully saturated rings. The van der Waals surface area contributed by atoms with Crippen molar-refractivity contribution in [2.45, 2.75) is 19.1 Å². The lowest BCUT2D eigenvalue weighted by Crippen LogP contribution is -2.24. The number of furan rings is 1. The number of methoxy groups -OCH3 is 2. The second kappa shape index (κ2) is 5.53. The number of aliphatic hydroxyl groups is 1. The molecule has 1 aromatic rings. The van der Waals surface area contributed by atoms with Crippen molar-refractivity contribution in [3.63, 3.8) is 0 Å². The van der Waals surface area contributed by atoms with Crippen LogP contribution in [0.25, 0.3) is 0 Å². The lowest BCUT2D eigenvalue weighted by atomic mass is 10.1. The Morgan fingerprint density at radius 1 is 1.60 bits per heavy atom. The van der Waals surface area contributed by atoms with E-state index in [1.807, 2.05) is 0 Å². The monoisotopic (exact) mass is 214 g/mol. The molecular weight excluding hydrogens is 200 g/mol. The molecule has 1 atom stereocenters. The SMILES string of the molecule is COCc1ccoc1CC(O)C(=O)OC. The molecule has 84 valence electrons. The van der Waals surface area contributed by atoms with Crippen LogP contribution in [-0.2, 0) is 27.3 Å². The summed E-state index contributed by atoms with van der Waals surface area (Å²) in [6, 6.07) is 1.74. The van der Waals surface area contributed by atoms with Gasteiger partial charge in [0.25, 0.3) is 0 Å². The van der Waals surface area contributed by atoms with Gasteiger partial charge in [0.2, 0.25) is 0 Å². The Morgan fingerprint density at radius 2 is 2.33 bits per heavy atom. The van der Waals surface area contributed by atoms with Gasteiger partial charge in [0, 0.05) is 19.1 Å². The third-order valence-corrected chi connectivity index (χ3v) is 1.99. The maximum absolute atomic E-state index is 11.0. The van der Waals surface area contributed by atoms with Gasteiger partial charge in [0.05, 0.1) is 20.0 Å². The predicted octanol–water partition coefficient (Wildman–Crippen LogP) is 0.502. The van der Waals surface area contributed by atoms with Gasteiger partial charge in [-0.15, -0.1) is 0 Å². The highest BCUT2D eigenvalue weighted by molar-refractivity contribution is 5.74. The van der Waals surface area contributed by atoms with E-state index in [0.717, 1.165) is 5.56 Å². The highest BCUT2D eigenvalue weighted by Crippen LogP contribution is 2.14. The molecule has 0 radical (unpaired) electrons. The number of carbonyl (C=O) groups excluding carboxylic acids is 1. The van der Waals surface area contributed by atoms with E-state index in [4.69, 9.17) is 9.15 Å². The van der Waals surface area contributed by atoms with E-state index in [1.54, 1.807) is 13.2 Å². The normalized spacial score (nSPS) is 12.5. The van der Waals surface area contributed by atoms with Crippen molar-refractivity contribution in [2.75, 3.05) is 14.2 Å². The standard InChI is InChI=1S/C10H14O5/c1-13-6-7-3-4-15-9(7)5-8(11)10(12)14-2/h3-4,8,11H,5-6H2,1-2H3. The lowest BCUT2D eigenvalue weighted by molar-refractivity contribution is -0.150. The maximum Gasteiger partial charge on any atom is 0.335 e. The van der Waals surface area contributed by atoms with Crippen LogP contribution < -0.4 is 0 Å². The minimum Gasteiger partial charge on any atom is -0.469 e. The molecule has 0 spiro atoms. The van der Waals surface area contributed by atoms with Crippen molar-refractivity contribution in [1.29, 1.82) is 0 Å². The number of hydrogen-bond donors (Lipinski definition) is 1. The van der Waals surface area contributed by atoms with Gasteiger partial charge in [-0.1, -0.05) is 0 Å². The Balaban J connectivity index is 2.63. The summed E-state index contributed by atoms with van der Waals surface area (Å²) in [5.74, 6) is -0.135. The summed E-state index contributed by atoms with van der Waals surface area (Å²) in [5.41, 5.74) is 0.820. The van der Waals surface area contributed by atoms with Gasteiger partial charge in [0.15, 0.2) is 6.10 Å². The molecule has 1 aromatic heterocycles. The number of carbonyl (C=O) groups is 1.